The van der Waals surface area contributed by atoms with Crippen molar-refractivity contribution in [1.82, 2.24) is 9.80 Å². The van der Waals surface area contributed by atoms with Crippen LogP contribution in [0.1, 0.15) is 12.5 Å². The summed E-state index contributed by atoms with van der Waals surface area (Å²) in [5.74, 6) is 6.17. The molecule has 1 heterocycles. The molecule has 1 saturated heterocycles. The zero-order chi connectivity index (χ0) is 15.1. The summed E-state index contributed by atoms with van der Waals surface area (Å²) in [6.07, 6.45) is 0.757. The normalized spacial score (nSPS) is 15.6. The summed E-state index contributed by atoms with van der Waals surface area (Å²) in [5, 5.41) is 0. The van der Waals surface area contributed by atoms with Gasteiger partial charge in [0, 0.05) is 6.04 Å². The minimum atomic E-state index is -0.255. The van der Waals surface area contributed by atoms with Crippen LogP contribution in [0, 0.1) is 11.8 Å². The molecule has 1 aliphatic rings. The van der Waals surface area contributed by atoms with Crippen molar-refractivity contribution >= 4 is 6.09 Å². The third kappa shape index (κ3) is 4.80. The molecule has 0 aromatic heterocycles. The minimum Gasteiger partial charge on any atom is -0.448 e. The first-order valence-corrected chi connectivity index (χ1v) is 7.28. The van der Waals surface area contributed by atoms with E-state index in [1.54, 1.807) is 4.90 Å². The molecule has 4 nitrogen and oxygen atoms in total. The topological polar surface area (TPSA) is 32.8 Å². The van der Waals surface area contributed by atoms with Crippen molar-refractivity contribution in [3.05, 3.63) is 35.9 Å². The van der Waals surface area contributed by atoms with Gasteiger partial charge in [-0.1, -0.05) is 42.2 Å². The second kappa shape index (κ2) is 7.70. The predicted octanol–water partition coefficient (Wildman–Crippen LogP) is 2.00. The molecule has 4 heteroatoms. The molecule has 2 rings (SSSR count). The number of hydrogen-bond acceptors (Lipinski definition) is 3. The van der Waals surface area contributed by atoms with Gasteiger partial charge in [0.1, 0.15) is 6.61 Å². The number of rotatable bonds is 5. The van der Waals surface area contributed by atoms with Crippen LogP contribution in [0.15, 0.2) is 30.3 Å². The van der Waals surface area contributed by atoms with Gasteiger partial charge in [-0.3, -0.25) is 9.80 Å². The van der Waals surface area contributed by atoms with Gasteiger partial charge in [-0.25, -0.2) is 4.79 Å². The molecule has 112 valence electrons. The highest BCUT2D eigenvalue weighted by Crippen LogP contribution is 2.06. The van der Waals surface area contributed by atoms with Crippen LogP contribution in [0.4, 0.5) is 4.79 Å². The zero-order valence-electron chi connectivity index (χ0n) is 12.7. The average Bonchev–Trinajstić information content (AvgIpc) is 2.90. The summed E-state index contributed by atoms with van der Waals surface area (Å²) < 4.78 is 4.86. The van der Waals surface area contributed by atoms with E-state index in [1.165, 1.54) is 5.56 Å². The van der Waals surface area contributed by atoms with Gasteiger partial charge in [0.2, 0.25) is 0 Å². The van der Waals surface area contributed by atoms with Gasteiger partial charge in [-0.15, -0.1) is 0 Å². The quantitative estimate of drug-likeness (QED) is 0.776. The van der Waals surface area contributed by atoms with E-state index in [0.717, 1.165) is 6.42 Å². The Morgan fingerprint density at radius 1 is 1.33 bits per heavy atom. The van der Waals surface area contributed by atoms with Crippen LogP contribution in [0.25, 0.3) is 0 Å². The third-order valence-corrected chi connectivity index (χ3v) is 3.69. The Balaban J connectivity index is 1.73. The maximum absolute atomic E-state index is 11.2. The molecule has 0 aliphatic carbocycles. The summed E-state index contributed by atoms with van der Waals surface area (Å²) in [6.45, 7) is 4.49. The van der Waals surface area contributed by atoms with E-state index in [1.807, 2.05) is 6.07 Å². The Morgan fingerprint density at radius 2 is 2.10 bits per heavy atom. The zero-order valence-corrected chi connectivity index (χ0v) is 12.7. The van der Waals surface area contributed by atoms with E-state index < -0.39 is 0 Å². The summed E-state index contributed by atoms with van der Waals surface area (Å²) >= 11 is 0. The lowest BCUT2D eigenvalue weighted by Gasteiger charge is -2.22. The molecule has 0 saturated carbocycles. The van der Waals surface area contributed by atoms with Crippen LogP contribution in [0.5, 0.6) is 0 Å². The standard InChI is InChI=1S/C17H22N2O2/c1-15(14-16-8-4-3-5-9-16)18(2)10-6-7-11-19-12-13-21-17(19)20/h3-5,8-9,15H,10-14H2,1-2H3. The van der Waals surface area contributed by atoms with Crippen molar-refractivity contribution in [3.63, 3.8) is 0 Å². The van der Waals surface area contributed by atoms with Gasteiger partial charge in [0.05, 0.1) is 19.6 Å². The van der Waals surface area contributed by atoms with Gasteiger partial charge in [0.25, 0.3) is 0 Å². The number of nitrogens with zero attached hydrogens (tertiary/aromatic N) is 2. The molecular formula is C17H22N2O2. The number of likely N-dealkylation sites (N-methyl/N-ethyl adjacent to an activating group) is 1. The van der Waals surface area contributed by atoms with Crippen LogP contribution in [0.3, 0.4) is 0 Å². The molecule has 0 radical (unpaired) electrons. The summed E-state index contributed by atoms with van der Waals surface area (Å²) in [6, 6.07) is 10.9. The Labute approximate surface area is 126 Å². The average molecular weight is 286 g/mol. The van der Waals surface area contributed by atoms with Crippen LogP contribution >= 0.6 is 0 Å². The second-order valence-corrected chi connectivity index (χ2v) is 5.34. The molecule has 0 bridgehead atoms. The van der Waals surface area contributed by atoms with Crippen molar-refractivity contribution in [3.8, 4) is 11.8 Å². The molecule has 1 aromatic rings. The van der Waals surface area contributed by atoms with Gasteiger partial charge in [0.15, 0.2) is 0 Å². The first-order valence-electron chi connectivity index (χ1n) is 7.28. The molecule has 1 aromatic carbocycles. The monoisotopic (exact) mass is 286 g/mol. The van der Waals surface area contributed by atoms with E-state index in [-0.39, 0.29) is 6.09 Å². The lowest BCUT2D eigenvalue weighted by atomic mass is 10.1. The first kappa shape index (κ1) is 15.4. The van der Waals surface area contributed by atoms with E-state index in [4.69, 9.17) is 4.74 Å². The molecule has 1 atom stereocenters. The lowest BCUT2D eigenvalue weighted by Crippen LogP contribution is -2.31. The van der Waals surface area contributed by atoms with Crippen molar-refractivity contribution in [2.75, 3.05) is 33.3 Å². The number of amides is 1. The van der Waals surface area contributed by atoms with Gasteiger partial charge in [-0.05, 0) is 26.0 Å². The highest BCUT2D eigenvalue weighted by atomic mass is 16.6. The van der Waals surface area contributed by atoms with Gasteiger partial charge in [-0.2, -0.15) is 0 Å². The highest BCUT2D eigenvalue weighted by Gasteiger charge is 2.20. The molecular weight excluding hydrogens is 264 g/mol. The molecule has 1 amide bonds. The fourth-order valence-electron chi connectivity index (χ4n) is 2.17. The SMILES string of the molecule is CC(Cc1ccccc1)N(C)CC#CCN1CCOC1=O. The number of benzene rings is 1. The number of carbonyl (C=O) groups excluding carboxylic acids is 1. The minimum absolute atomic E-state index is 0.255. The smallest absolute Gasteiger partial charge is 0.410 e. The van der Waals surface area contributed by atoms with Crippen LogP contribution < -0.4 is 0 Å². The van der Waals surface area contributed by atoms with E-state index in [9.17, 15) is 4.79 Å². The fourth-order valence-corrected chi connectivity index (χ4v) is 2.17. The number of ether oxygens (including phenoxy) is 1. The van der Waals surface area contributed by atoms with Crippen molar-refractivity contribution in [2.24, 2.45) is 0 Å². The van der Waals surface area contributed by atoms with Crippen LogP contribution in [-0.4, -0.2) is 55.2 Å². The largest absolute Gasteiger partial charge is 0.448 e. The van der Waals surface area contributed by atoms with Crippen molar-refractivity contribution in [2.45, 2.75) is 19.4 Å². The number of cyclic esters (lactones) is 1. The van der Waals surface area contributed by atoms with E-state index in [2.05, 4.69) is 55.0 Å². The van der Waals surface area contributed by atoms with E-state index in [0.29, 0.717) is 32.3 Å². The fraction of sp³-hybridized carbons (Fsp3) is 0.471. The first-order chi connectivity index (χ1) is 10.2. The Bertz CT molecular complexity index is 519. The summed E-state index contributed by atoms with van der Waals surface area (Å²) in [4.78, 5) is 15.1. The molecule has 0 spiro atoms. The van der Waals surface area contributed by atoms with Crippen LogP contribution in [0.2, 0.25) is 0 Å². The maximum Gasteiger partial charge on any atom is 0.410 e. The number of hydrogen-bond donors (Lipinski definition) is 0. The maximum atomic E-state index is 11.2. The molecule has 1 fully saturated rings. The number of carbonyl (C=O) groups is 1. The van der Waals surface area contributed by atoms with Crippen LogP contribution in [-0.2, 0) is 11.2 Å². The van der Waals surface area contributed by atoms with E-state index >= 15 is 0 Å². The molecule has 1 unspecified atom stereocenters. The predicted molar refractivity (Wildman–Crippen MR) is 82.9 cm³/mol. The van der Waals surface area contributed by atoms with Gasteiger partial charge >= 0.3 is 6.09 Å². The Morgan fingerprint density at radius 3 is 2.76 bits per heavy atom. The molecule has 0 N–H and O–H groups in total. The highest BCUT2D eigenvalue weighted by molar-refractivity contribution is 5.69. The van der Waals surface area contributed by atoms with Crippen molar-refractivity contribution in [1.29, 1.82) is 0 Å². The molecule has 21 heavy (non-hydrogen) atoms. The van der Waals surface area contributed by atoms with Crippen molar-refractivity contribution < 1.29 is 9.53 Å². The summed E-state index contributed by atoms with van der Waals surface area (Å²) in [7, 11) is 2.08. The van der Waals surface area contributed by atoms with Gasteiger partial charge < -0.3 is 4.74 Å². The second-order valence-electron chi connectivity index (χ2n) is 5.34. The Kier molecular flexibility index (Phi) is 5.65. The molecule has 1 aliphatic heterocycles. The third-order valence-electron chi connectivity index (χ3n) is 3.69. The summed E-state index contributed by atoms with van der Waals surface area (Å²) in [5.41, 5.74) is 1.34. The lowest BCUT2D eigenvalue weighted by molar-refractivity contribution is 0.161. The Hall–Kier alpha value is -1.99.